The van der Waals surface area contributed by atoms with Crippen LogP contribution in [0.3, 0.4) is 0 Å². The number of hydrogen-bond donors (Lipinski definition) is 1. The fraction of sp³-hybridized carbons (Fsp3) is 0. The van der Waals surface area contributed by atoms with E-state index in [4.69, 9.17) is 5.73 Å². The topological polar surface area (TPSA) is 69.1 Å². The van der Waals surface area contributed by atoms with E-state index < -0.39 is 0 Å². The zero-order valence-corrected chi connectivity index (χ0v) is 10.3. The van der Waals surface area contributed by atoms with Crippen molar-refractivity contribution >= 4 is 27.5 Å². The molecule has 0 atom stereocenters. The van der Waals surface area contributed by atoms with Crippen molar-refractivity contribution < 1.29 is 0 Å². The van der Waals surface area contributed by atoms with Crippen LogP contribution in [0.1, 0.15) is 0 Å². The van der Waals surface area contributed by atoms with Crippen molar-refractivity contribution in [3.05, 3.63) is 41.3 Å². The van der Waals surface area contributed by atoms with Gasteiger partial charge in [-0.25, -0.2) is 15.0 Å². The van der Waals surface area contributed by atoms with E-state index in [2.05, 4.69) is 30.9 Å². The van der Waals surface area contributed by atoms with Crippen LogP contribution < -0.4 is 5.73 Å². The smallest absolute Gasteiger partial charge is 0.220 e. The number of rotatable bonds is 1. The van der Waals surface area contributed by atoms with Crippen molar-refractivity contribution in [1.82, 2.24) is 19.4 Å². The molecule has 0 radical (unpaired) electrons. The van der Waals surface area contributed by atoms with Gasteiger partial charge in [0.15, 0.2) is 0 Å². The maximum absolute atomic E-state index is 5.58. The van der Waals surface area contributed by atoms with E-state index in [0.717, 1.165) is 21.6 Å². The molecule has 0 fully saturated rings. The van der Waals surface area contributed by atoms with Gasteiger partial charge in [0.25, 0.3) is 0 Å². The first-order chi connectivity index (χ1) is 8.25. The molecule has 0 amide bonds. The van der Waals surface area contributed by atoms with E-state index in [-0.39, 0.29) is 5.95 Å². The fourth-order valence-corrected chi connectivity index (χ4v) is 2.22. The molecule has 17 heavy (non-hydrogen) atoms. The minimum atomic E-state index is 0.254. The van der Waals surface area contributed by atoms with Crippen LogP contribution in [0.25, 0.3) is 17.0 Å². The Morgan fingerprint density at radius 2 is 2.06 bits per heavy atom. The first-order valence-corrected chi connectivity index (χ1v) is 5.76. The van der Waals surface area contributed by atoms with Gasteiger partial charge in [-0.15, -0.1) is 0 Å². The molecule has 0 aliphatic carbocycles. The minimum Gasteiger partial charge on any atom is -0.368 e. The van der Waals surface area contributed by atoms with Crippen LogP contribution in [0.4, 0.5) is 5.95 Å². The molecular formula is C11H8BrN5. The van der Waals surface area contributed by atoms with E-state index in [1.54, 1.807) is 18.5 Å². The molecule has 0 unspecified atom stereocenters. The van der Waals surface area contributed by atoms with Gasteiger partial charge in [-0.3, -0.25) is 4.40 Å². The molecule has 0 aliphatic rings. The summed E-state index contributed by atoms with van der Waals surface area (Å²) in [5, 5.41) is 0. The van der Waals surface area contributed by atoms with E-state index in [1.165, 1.54) is 0 Å². The van der Waals surface area contributed by atoms with Gasteiger partial charge in [-0.05, 0) is 34.1 Å². The Hall–Kier alpha value is -1.95. The zero-order chi connectivity index (χ0) is 11.8. The number of aromatic nitrogens is 4. The molecule has 0 saturated heterocycles. The number of anilines is 1. The summed E-state index contributed by atoms with van der Waals surface area (Å²) in [6.45, 7) is 0. The third-order valence-electron chi connectivity index (χ3n) is 2.42. The lowest BCUT2D eigenvalue weighted by molar-refractivity contribution is 1.11. The summed E-state index contributed by atoms with van der Waals surface area (Å²) in [6.07, 6.45) is 3.40. The maximum Gasteiger partial charge on any atom is 0.220 e. The standard InChI is InChI=1S/C11H8BrN5/c12-9-2-1-3-10-15-6-8(17(9)10)7-4-5-14-11(13)16-7/h1-6H,(H2,13,14,16). The van der Waals surface area contributed by atoms with E-state index in [9.17, 15) is 0 Å². The lowest BCUT2D eigenvalue weighted by Crippen LogP contribution is -1.97. The summed E-state index contributed by atoms with van der Waals surface area (Å²) < 4.78 is 2.88. The van der Waals surface area contributed by atoms with Gasteiger partial charge in [0.2, 0.25) is 5.95 Å². The summed E-state index contributed by atoms with van der Waals surface area (Å²) in [5.41, 5.74) is 8.06. The number of imidazole rings is 1. The predicted octanol–water partition coefficient (Wildman–Crippen LogP) is 2.14. The molecule has 0 spiro atoms. The van der Waals surface area contributed by atoms with Crippen molar-refractivity contribution in [2.75, 3.05) is 5.73 Å². The second-order valence-electron chi connectivity index (χ2n) is 3.49. The Balaban J connectivity index is 2.31. The van der Waals surface area contributed by atoms with Gasteiger partial charge in [-0.2, -0.15) is 0 Å². The summed E-state index contributed by atoms with van der Waals surface area (Å²) in [7, 11) is 0. The summed E-state index contributed by atoms with van der Waals surface area (Å²) in [5.74, 6) is 0.254. The van der Waals surface area contributed by atoms with E-state index in [1.807, 2.05) is 22.6 Å². The largest absolute Gasteiger partial charge is 0.368 e. The van der Waals surface area contributed by atoms with Crippen LogP contribution in [0, 0.1) is 0 Å². The van der Waals surface area contributed by atoms with E-state index in [0.29, 0.717) is 0 Å². The highest BCUT2D eigenvalue weighted by Gasteiger charge is 2.09. The molecule has 0 aromatic carbocycles. The third-order valence-corrected chi connectivity index (χ3v) is 3.04. The average Bonchev–Trinajstić information content (AvgIpc) is 2.74. The molecule has 5 nitrogen and oxygen atoms in total. The molecule has 2 N–H and O–H groups in total. The van der Waals surface area contributed by atoms with Crippen molar-refractivity contribution in [3.8, 4) is 11.4 Å². The number of nitrogens with zero attached hydrogens (tertiary/aromatic N) is 4. The number of pyridine rings is 1. The van der Waals surface area contributed by atoms with Crippen molar-refractivity contribution in [3.63, 3.8) is 0 Å². The molecule has 0 saturated carbocycles. The normalized spacial score (nSPS) is 10.9. The van der Waals surface area contributed by atoms with Gasteiger partial charge in [0.05, 0.1) is 22.2 Å². The van der Waals surface area contributed by atoms with Crippen molar-refractivity contribution in [2.45, 2.75) is 0 Å². The molecule has 0 aliphatic heterocycles. The zero-order valence-electron chi connectivity index (χ0n) is 8.71. The molecule has 3 aromatic rings. The van der Waals surface area contributed by atoms with Crippen molar-refractivity contribution in [2.24, 2.45) is 0 Å². The van der Waals surface area contributed by atoms with Crippen LogP contribution in [-0.2, 0) is 0 Å². The Labute approximate surface area is 105 Å². The quantitative estimate of drug-likeness (QED) is 0.697. The molecule has 3 heterocycles. The number of nitrogen functional groups attached to an aromatic ring is 1. The van der Waals surface area contributed by atoms with Gasteiger partial charge < -0.3 is 5.73 Å². The summed E-state index contributed by atoms with van der Waals surface area (Å²) in [6, 6.07) is 7.62. The van der Waals surface area contributed by atoms with Gasteiger partial charge in [-0.1, -0.05) is 6.07 Å². The minimum absolute atomic E-state index is 0.254. The van der Waals surface area contributed by atoms with E-state index >= 15 is 0 Å². The van der Waals surface area contributed by atoms with Crippen molar-refractivity contribution in [1.29, 1.82) is 0 Å². The first kappa shape index (κ1) is 10.2. The Morgan fingerprint density at radius 1 is 1.18 bits per heavy atom. The second-order valence-corrected chi connectivity index (χ2v) is 4.30. The highest BCUT2D eigenvalue weighted by molar-refractivity contribution is 9.10. The monoisotopic (exact) mass is 289 g/mol. The number of fused-ring (bicyclic) bond motifs is 1. The summed E-state index contributed by atoms with van der Waals surface area (Å²) >= 11 is 3.49. The van der Waals surface area contributed by atoms with Gasteiger partial charge >= 0.3 is 0 Å². The summed E-state index contributed by atoms with van der Waals surface area (Å²) in [4.78, 5) is 12.4. The Morgan fingerprint density at radius 3 is 2.88 bits per heavy atom. The lowest BCUT2D eigenvalue weighted by atomic mass is 10.3. The molecule has 3 rings (SSSR count). The molecule has 6 heteroatoms. The maximum atomic E-state index is 5.58. The highest BCUT2D eigenvalue weighted by Crippen LogP contribution is 2.23. The van der Waals surface area contributed by atoms with Crippen LogP contribution in [0.2, 0.25) is 0 Å². The second kappa shape index (κ2) is 3.81. The van der Waals surface area contributed by atoms with Crippen LogP contribution in [0.5, 0.6) is 0 Å². The Bertz CT molecular complexity index is 691. The third kappa shape index (κ3) is 1.66. The van der Waals surface area contributed by atoms with Crippen LogP contribution >= 0.6 is 15.9 Å². The molecular weight excluding hydrogens is 282 g/mol. The lowest BCUT2D eigenvalue weighted by Gasteiger charge is -2.03. The fourth-order valence-electron chi connectivity index (χ4n) is 1.69. The highest BCUT2D eigenvalue weighted by atomic mass is 79.9. The Kier molecular flexibility index (Phi) is 2.29. The number of halogens is 1. The van der Waals surface area contributed by atoms with Gasteiger partial charge in [0.1, 0.15) is 5.65 Å². The molecule has 84 valence electrons. The average molecular weight is 290 g/mol. The number of hydrogen-bond acceptors (Lipinski definition) is 4. The number of nitrogens with two attached hydrogens (primary N) is 1. The predicted molar refractivity (Wildman–Crippen MR) is 68.3 cm³/mol. The molecule has 0 bridgehead atoms. The molecule has 3 aromatic heterocycles. The SMILES string of the molecule is Nc1nccc(-c2cnc3cccc(Br)n23)n1. The first-order valence-electron chi connectivity index (χ1n) is 4.96. The van der Waals surface area contributed by atoms with Crippen LogP contribution in [-0.4, -0.2) is 19.4 Å². The van der Waals surface area contributed by atoms with Crippen LogP contribution in [0.15, 0.2) is 41.3 Å². The van der Waals surface area contributed by atoms with Gasteiger partial charge in [0, 0.05) is 6.20 Å².